The summed E-state index contributed by atoms with van der Waals surface area (Å²) in [6.07, 6.45) is 2.80. The minimum atomic E-state index is 0.607. The number of aromatic nitrogens is 2. The molecule has 0 atom stereocenters. The Labute approximate surface area is 122 Å². The van der Waals surface area contributed by atoms with Crippen molar-refractivity contribution < 1.29 is 0 Å². The number of nitrogens with zero attached hydrogens (tertiary/aromatic N) is 3. The largest absolute Gasteiger partial charge is 0.357 e. The molecule has 19 heavy (non-hydrogen) atoms. The molecule has 5 heteroatoms. The molecule has 100 valence electrons. The lowest BCUT2D eigenvalue weighted by atomic mass is 10.1. The number of hydrogen-bond acceptors (Lipinski definition) is 4. The molecule has 0 spiro atoms. The van der Waals surface area contributed by atoms with Gasteiger partial charge in [0.25, 0.3) is 0 Å². The van der Waals surface area contributed by atoms with Crippen LogP contribution in [0.3, 0.4) is 0 Å². The Morgan fingerprint density at radius 3 is 2.53 bits per heavy atom. The van der Waals surface area contributed by atoms with Gasteiger partial charge < -0.3 is 10.2 Å². The molecule has 4 nitrogen and oxygen atoms in total. The molecule has 0 bridgehead atoms. The molecule has 1 aromatic heterocycles. The van der Waals surface area contributed by atoms with E-state index in [1.807, 2.05) is 19.0 Å². The number of halogens is 1. The standard InChI is InChI=1S/C14H17BrN4/c1-4-10-5-7-11(8-6-10)19(3)13-12(15)9-17-14(16-2)18-13/h5-9H,4H2,1-3H3,(H,16,17,18). The van der Waals surface area contributed by atoms with Crippen molar-refractivity contribution in [3.8, 4) is 0 Å². The molecule has 2 rings (SSSR count). The van der Waals surface area contributed by atoms with E-state index in [9.17, 15) is 0 Å². The van der Waals surface area contributed by atoms with Crippen LogP contribution in [0.5, 0.6) is 0 Å². The van der Waals surface area contributed by atoms with Crippen LogP contribution in [0.25, 0.3) is 0 Å². The highest BCUT2D eigenvalue weighted by atomic mass is 79.9. The Bertz CT molecular complexity index is 554. The van der Waals surface area contributed by atoms with Crippen LogP contribution in [0.15, 0.2) is 34.9 Å². The number of nitrogens with one attached hydrogen (secondary N) is 1. The van der Waals surface area contributed by atoms with Crippen LogP contribution in [-0.2, 0) is 6.42 Å². The molecule has 2 aromatic rings. The first kappa shape index (κ1) is 13.8. The minimum Gasteiger partial charge on any atom is -0.357 e. The summed E-state index contributed by atoms with van der Waals surface area (Å²) in [7, 11) is 3.80. The van der Waals surface area contributed by atoms with E-state index in [1.165, 1.54) is 5.56 Å². The van der Waals surface area contributed by atoms with Gasteiger partial charge in [-0.1, -0.05) is 19.1 Å². The third-order valence-electron chi connectivity index (χ3n) is 3.00. The number of aryl methyl sites for hydroxylation is 1. The van der Waals surface area contributed by atoms with Crippen molar-refractivity contribution in [2.75, 3.05) is 24.3 Å². The first-order chi connectivity index (χ1) is 9.15. The third-order valence-corrected chi connectivity index (χ3v) is 3.56. The smallest absolute Gasteiger partial charge is 0.224 e. The fourth-order valence-electron chi connectivity index (χ4n) is 1.79. The molecule has 1 N–H and O–H groups in total. The average Bonchev–Trinajstić information content (AvgIpc) is 2.47. The molecule has 0 radical (unpaired) electrons. The van der Waals surface area contributed by atoms with Gasteiger partial charge in [-0.15, -0.1) is 0 Å². The van der Waals surface area contributed by atoms with E-state index in [2.05, 4.69) is 62.4 Å². The summed E-state index contributed by atoms with van der Waals surface area (Å²) in [5.41, 5.74) is 2.42. The van der Waals surface area contributed by atoms with Gasteiger partial charge in [-0.05, 0) is 40.0 Å². The zero-order chi connectivity index (χ0) is 13.8. The van der Waals surface area contributed by atoms with Crippen molar-refractivity contribution in [2.24, 2.45) is 0 Å². The Hall–Kier alpha value is -1.62. The number of hydrogen-bond donors (Lipinski definition) is 1. The second kappa shape index (κ2) is 6.02. The van der Waals surface area contributed by atoms with Crippen molar-refractivity contribution in [1.82, 2.24) is 9.97 Å². The van der Waals surface area contributed by atoms with E-state index in [0.29, 0.717) is 5.95 Å². The number of benzene rings is 1. The number of rotatable bonds is 4. The van der Waals surface area contributed by atoms with E-state index >= 15 is 0 Å². The molecule has 0 fully saturated rings. The third kappa shape index (κ3) is 3.04. The Morgan fingerprint density at radius 1 is 1.26 bits per heavy atom. The van der Waals surface area contributed by atoms with E-state index in [-0.39, 0.29) is 0 Å². The molecule has 1 aromatic carbocycles. The fraction of sp³-hybridized carbons (Fsp3) is 0.286. The second-order valence-corrected chi connectivity index (χ2v) is 5.05. The van der Waals surface area contributed by atoms with Gasteiger partial charge in [-0.2, -0.15) is 4.98 Å². The maximum Gasteiger partial charge on any atom is 0.224 e. The van der Waals surface area contributed by atoms with Gasteiger partial charge in [0.15, 0.2) is 5.82 Å². The second-order valence-electron chi connectivity index (χ2n) is 4.19. The van der Waals surface area contributed by atoms with Gasteiger partial charge in [-0.3, -0.25) is 0 Å². The lowest BCUT2D eigenvalue weighted by Crippen LogP contribution is -2.13. The highest BCUT2D eigenvalue weighted by molar-refractivity contribution is 9.10. The topological polar surface area (TPSA) is 41.1 Å². The van der Waals surface area contributed by atoms with Crippen LogP contribution in [-0.4, -0.2) is 24.1 Å². The summed E-state index contributed by atoms with van der Waals surface area (Å²) in [5, 5.41) is 2.95. The predicted octanol–water partition coefficient (Wildman–Crippen LogP) is 3.61. The Balaban J connectivity index is 2.34. The fourth-order valence-corrected chi connectivity index (χ4v) is 2.25. The zero-order valence-corrected chi connectivity index (χ0v) is 12.9. The molecule has 0 unspecified atom stereocenters. The van der Waals surface area contributed by atoms with Gasteiger partial charge in [0, 0.05) is 26.0 Å². The minimum absolute atomic E-state index is 0.607. The summed E-state index contributed by atoms with van der Waals surface area (Å²) in [6.45, 7) is 2.15. The van der Waals surface area contributed by atoms with Crippen LogP contribution in [0.4, 0.5) is 17.5 Å². The molecule has 0 aliphatic carbocycles. The Morgan fingerprint density at radius 2 is 1.95 bits per heavy atom. The van der Waals surface area contributed by atoms with E-state index in [1.54, 1.807) is 6.20 Å². The van der Waals surface area contributed by atoms with Gasteiger partial charge in [0.05, 0.1) is 4.47 Å². The Kier molecular flexibility index (Phi) is 4.37. The molecule has 0 aliphatic heterocycles. The summed E-state index contributed by atoms with van der Waals surface area (Å²) >= 11 is 3.49. The van der Waals surface area contributed by atoms with E-state index in [4.69, 9.17) is 0 Å². The van der Waals surface area contributed by atoms with Crippen molar-refractivity contribution in [3.05, 3.63) is 40.5 Å². The molecule has 0 amide bonds. The van der Waals surface area contributed by atoms with Crippen LogP contribution in [0.1, 0.15) is 12.5 Å². The average molecular weight is 321 g/mol. The SMILES string of the molecule is CCc1ccc(N(C)c2nc(NC)ncc2Br)cc1. The summed E-state index contributed by atoms with van der Waals surface area (Å²) in [5.74, 6) is 1.44. The molecule has 1 heterocycles. The lowest BCUT2D eigenvalue weighted by molar-refractivity contribution is 1.06. The van der Waals surface area contributed by atoms with E-state index < -0.39 is 0 Å². The van der Waals surface area contributed by atoms with Gasteiger partial charge in [0.2, 0.25) is 5.95 Å². The first-order valence-corrected chi connectivity index (χ1v) is 6.98. The van der Waals surface area contributed by atoms with Crippen molar-refractivity contribution in [1.29, 1.82) is 0 Å². The quantitative estimate of drug-likeness (QED) is 0.934. The van der Waals surface area contributed by atoms with Gasteiger partial charge in [0.1, 0.15) is 0 Å². The molecule has 0 saturated heterocycles. The lowest BCUT2D eigenvalue weighted by Gasteiger charge is -2.20. The zero-order valence-electron chi connectivity index (χ0n) is 11.3. The van der Waals surface area contributed by atoms with Gasteiger partial charge in [-0.25, -0.2) is 4.98 Å². The maximum absolute atomic E-state index is 4.47. The van der Waals surface area contributed by atoms with Crippen LogP contribution < -0.4 is 10.2 Å². The van der Waals surface area contributed by atoms with Crippen molar-refractivity contribution >= 4 is 33.4 Å². The molecular weight excluding hydrogens is 304 g/mol. The van der Waals surface area contributed by atoms with Crippen LogP contribution in [0, 0.1) is 0 Å². The molecule has 0 saturated carbocycles. The summed E-state index contributed by atoms with van der Waals surface area (Å²) < 4.78 is 0.869. The van der Waals surface area contributed by atoms with Crippen LogP contribution in [0.2, 0.25) is 0 Å². The van der Waals surface area contributed by atoms with E-state index in [0.717, 1.165) is 22.4 Å². The number of anilines is 3. The first-order valence-electron chi connectivity index (χ1n) is 6.18. The summed E-state index contributed by atoms with van der Waals surface area (Å²) in [4.78, 5) is 10.7. The van der Waals surface area contributed by atoms with Crippen LogP contribution >= 0.6 is 15.9 Å². The molecular formula is C14H17BrN4. The van der Waals surface area contributed by atoms with Gasteiger partial charge >= 0.3 is 0 Å². The van der Waals surface area contributed by atoms with Crippen molar-refractivity contribution in [2.45, 2.75) is 13.3 Å². The molecule has 0 aliphatic rings. The summed E-state index contributed by atoms with van der Waals surface area (Å²) in [6, 6.07) is 8.48. The highest BCUT2D eigenvalue weighted by Gasteiger charge is 2.11. The highest BCUT2D eigenvalue weighted by Crippen LogP contribution is 2.29. The normalized spacial score (nSPS) is 10.3. The predicted molar refractivity (Wildman–Crippen MR) is 83.2 cm³/mol. The maximum atomic E-state index is 4.47. The monoisotopic (exact) mass is 320 g/mol. The van der Waals surface area contributed by atoms with Crippen molar-refractivity contribution in [3.63, 3.8) is 0 Å².